The molecule has 0 bridgehead atoms. The molecule has 0 spiro atoms. The van der Waals surface area contributed by atoms with Crippen molar-refractivity contribution in [1.29, 1.82) is 0 Å². The number of halogens is 1. The first kappa shape index (κ1) is 23.2. The molecule has 0 saturated heterocycles. The van der Waals surface area contributed by atoms with Gasteiger partial charge in [0.15, 0.2) is 0 Å². The van der Waals surface area contributed by atoms with Crippen molar-refractivity contribution in [1.82, 2.24) is 10.6 Å². The number of benzene rings is 2. The second-order valence-corrected chi connectivity index (χ2v) is 8.06. The predicted octanol–water partition coefficient (Wildman–Crippen LogP) is 3.66. The quantitative estimate of drug-likeness (QED) is 0.623. The average Bonchev–Trinajstić information content (AvgIpc) is 2.66. The van der Waals surface area contributed by atoms with Gasteiger partial charge < -0.3 is 20.7 Å². The van der Waals surface area contributed by atoms with Crippen LogP contribution in [-0.4, -0.2) is 30.1 Å². The van der Waals surface area contributed by atoms with Crippen molar-refractivity contribution in [2.75, 3.05) is 11.9 Å². The van der Waals surface area contributed by atoms with Crippen molar-refractivity contribution in [2.24, 2.45) is 0 Å². The van der Waals surface area contributed by atoms with E-state index in [-0.39, 0.29) is 24.8 Å². The summed E-state index contributed by atoms with van der Waals surface area (Å²) in [6, 6.07) is 14.3. The van der Waals surface area contributed by atoms with Gasteiger partial charge in [-0.1, -0.05) is 41.9 Å². The summed E-state index contributed by atoms with van der Waals surface area (Å²) in [6.07, 6.45) is -0.473. The van der Waals surface area contributed by atoms with E-state index < -0.39 is 11.7 Å². The number of nitrogens with one attached hydrogen (secondary N) is 3. The minimum absolute atomic E-state index is 0.154. The maximum absolute atomic E-state index is 12.2. The highest BCUT2D eigenvalue weighted by atomic mass is 35.5. The Hall–Kier alpha value is -3.06. The van der Waals surface area contributed by atoms with Crippen LogP contribution in [0.3, 0.4) is 0 Å². The average molecular weight is 432 g/mol. The number of carbonyl (C=O) groups excluding carboxylic acids is 3. The minimum atomic E-state index is -0.660. The van der Waals surface area contributed by atoms with Crippen LogP contribution in [0.2, 0.25) is 5.02 Å². The molecule has 0 atom stereocenters. The van der Waals surface area contributed by atoms with E-state index in [4.69, 9.17) is 16.3 Å². The van der Waals surface area contributed by atoms with Crippen molar-refractivity contribution in [3.8, 4) is 0 Å². The highest BCUT2D eigenvalue weighted by Crippen LogP contribution is 2.15. The van der Waals surface area contributed by atoms with Crippen LogP contribution in [0.1, 0.15) is 31.9 Å². The van der Waals surface area contributed by atoms with E-state index >= 15 is 0 Å². The molecule has 8 heteroatoms. The maximum Gasteiger partial charge on any atom is 0.408 e. The van der Waals surface area contributed by atoms with E-state index in [1.165, 1.54) is 0 Å². The summed E-state index contributed by atoms with van der Waals surface area (Å²) >= 11 is 6.08. The molecule has 2 aromatic carbocycles. The molecule has 160 valence electrons. The van der Waals surface area contributed by atoms with Gasteiger partial charge in [0.25, 0.3) is 0 Å². The van der Waals surface area contributed by atoms with E-state index in [0.29, 0.717) is 17.3 Å². The third-order valence-corrected chi connectivity index (χ3v) is 4.17. The fraction of sp³-hybridized carbons (Fsp3) is 0.318. The smallest absolute Gasteiger partial charge is 0.408 e. The van der Waals surface area contributed by atoms with Gasteiger partial charge in [-0.15, -0.1) is 0 Å². The Morgan fingerprint density at radius 3 is 2.40 bits per heavy atom. The molecule has 30 heavy (non-hydrogen) atoms. The lowest BCUT2D eigenvalue weighted by Crippen LogP contribution is -2.37. The maximum atomic E-state index is 12.2. The van der Waals surface area contributed by atoms with Crippen LogP contribution in [0, 0.1) is 0 Å². The summed E-state index contributed by atoms with van der Waals surface area (Å²) in [5.41, 5.74) is 1.50. The summed E-state index contributed by atoms with van der Waals surface area (Å²) in [6.45, 7) is 5.32. The highest BCUT2D eigenvalue weighted by Gasteiger charge is 2.16. The first-order valence-corrected chi connectivity index (χ1v) is 9.86. The third kappa shape index (κ3) is 8.53. The number of alkyl carbamates (subject to hydrolysis) is 1. The molecule has 3 amide bonds. The molecule has 2 rings (SSSR count). The molecule has 3 N–H and O–H groups in total. The molecule has 0 unspecified atom stereocenters. The van der Waals surface area contributed by atoms with Crippen molar-refractivity contribution >= 4 is 35.2 Å². The van der Waals surface area contributed by atoms with Crippen molar-refractivity contribution < 1.29 is 19.1 Å². The van der Waals surface area contributed by atoms with E-state index in [0.717, 1.165) is 11.1 Å². The van der Waals surface area contributed by atoms with Gasteiger partial charge in [-0.05, 0) is 50.1 Å². The van der Waals surface area contributed by atoms with Crippen LogP contribution in [0.15, 0.2) is 48.5 Å². The fourth-order valence-corrected chi connectivity index (χ4v) is 2.71. The van der Waals surface area contributed by atoms with Gasteiger partial charge in [-0.3, -0.25) is 9.59 Å². The summed E-state index contributed by atoms with van der Waals surface area (Å²) in [5, 5.41) is 8.48. The van der Waals surface area contributed by atoms with Gasteiger partial charge in [0.1, 0.15) is 12.1 Å². The zero-order chi connectivity index (χ0) is 22.1. The monoisotopic (exact) mass is 431 g/mol. The minimum Gasteiger partial charge on any atom is -0.444 e. The topological polar surface area (TPSA) is 96.5 Å². The largest absolute Gasteiger partial charge is 0.444 e. The van der Waals surface area contributed by atoms with Crippen molar-refractivity contribution in [3.05, 3.63) is 64.7 Å². The summed E-state index contributed by atoms with van der Waals surface area (Å²) < 4.78 is 5.08. The molecule has 7 nitrogen and oxygen atoms in total. The zero-order valence-electron chi connectivity index (χ0n) is 17.3. The number of hydrogen-bond donors (Lipinski definition) is 3. The molecule has 0 aliphatic heterocycles. The molecular formula is C22H26ClN3O4. The number of anilines is 1. The first-order chi connectivity index (χ1) is 14.1. The number of amides is 3. The molecular weight excluding hydrogens is 406 g/mol. The Morgan fingerprint density at radius 1 is 0.967 bits per heavy atom. The van der Waals surface area contributed by atoms with Gasteiger partial charge in [-0.2, -0.15) is 0 Å². The van der Waals surface area contributed by atoms with Crippen LogP contribution in [-0.2, 0) is 27.3 Å². The molecule has 0 aromatic heterocycles. The van der Waals surface area contributed by atoms with Crippen LogP contribution >= 0.6 is 11.6 Å². The summed E-state index contributed by atoms with van der Waals surface area (Å²) in [5.74, 6) is -0.542. The lowest BCUT2D eigenvalue weighted by molar-refractivity contribution is -0.120. The number of ether oxygens (including phenoxy) is 1. The summed E-state index contributed by atoms with van der Waals surface area (Å²) in [4.78, 5) is 35.8. The van der Waals surface area contributed by atoms with Gasteiger partial charge in [-0.25, -0.2) is 4.79 Å². The molecule has 0 saturated carbocycles. The van der Waals surface area contributed by atoms with E-state index in [9.17, 15) is 14.4 Å². The molecule has 0 aliphatic carbocycles. The van der Waals surface area contributed by atoms with E-state index in [1.54, 1.807) is 45.0 Å². The molecule has 0 heterocycles. The molecule has 0 radical (unpaired) electrons. The molecule has 0 aliphatic rings. The number of hydrogen-bond acceptors (Lipinski definition) is 4. The Balaban J connectivity index is 1.81. The number of rotatable bonds is 7. The Bertz CT molecular complexity index is 909. The van der Waals surface area contributed by atoms with Crippen molar-refractivity contribution in [3.63, 3.8) is 0 Å². The Morgan fingerprint density at radius 2 is 1.70 bits per heavy atom. The van der Waals surface area contributed by atoms with Gasteiger partial charge in [0.2, 0.25) is 11.8 Å². The third-order valence-electron chi connectivity index (χ3n) is 3.80. The van der Waals surface area contributed by atoms with Crippen molar-refractivity contribution in [2.45, 2.75) is 39.3 Å². The van der Waals surface area contributed by atoms with Crippen LogP contribution in [0.4, 0.5) is 10.5 Å². The Kier molecular flexibility index (Phi) is 8.24. The van der Waals surface area contributed by atoms with E-state index in [2.05, 4.69) is 16.0 Å². The van der Waals surface area contributed by atoms with Gasteiger partial charge in [0.05, 0.1) is 6.42 Å². The standard InChI is InChI=1S/C22H26ClN3O4/c1-22(2,3)30-21(29)25-14-20(28)26-17-9-6-7-15(11-17)13-24-19(27)12-16-8-4-5-10-18(16)23/h4-11H,12-14H2,1-3H3,(H,24,27)(H,25,29)(H,26,28). The van der Waals surface area contributed by atoms with E-state index in [1.807, 2.05) is 24.3 Å². The summed E-state index contributed by atoms with van der Waals surface area (Å²) in [7, 11) is 0. The zero-order valence-corrected chi connectivity index (χ0v) is 18.0. The second kappa shape index (κ2) is 10.6. The lowest BCUT2D eigenvalue weighted by Gasteiger charge is -2.19. The fourth-order valence-electron chi connectivity index (χ4n) is 2.51. The highest BCUT2D eigenvalue weighted by molar-refractivity contribution is 6.31. The molecule has 0 fully saturated rings. The normalized spacial score (nSPS) is 10.8. The van der Waals surface area contributed by atoms with Crippen LogP contribution in [0.25, 0.3) is 0 Å². The Labute approximate surface area is 181 Å². The molecule has 2 aromatic rings. The van der Waals surface area contributed by atoms with Gasteiger partial charge in [0, 0.05) is 17.3 Å². The number of carbonyl (C=O) groups is 3. The van der Waals surface area contributed by atoms with Gasteiger partial charge >= 0.3 is 6.09 Å². The van der Waals surface area contributed by atoms with Crippen LogP contribution < -0.4 is 16.0 Å². The van der Waals surface area contributed by atoms with Crippen LogP contribution in [0.5, 0.6) is 0 Å². The lowest BCUT2D eigenvalue weighted by atomic mass is 10.1. The SMILES string of the molecule is CC(C)(C)OC(=O)NCC(=O)Nc1cccc(CNC(=O)Cc2ccccc2Cl)c1. The second-order valence-electron chi connectivity index (χ2n) is 7.65. The predicted molar refractivity (Wildman–Crippen MR) is 116 cm³/mol. The first-order valence-electron chi connectivity index (χ1n) is 9.48.